The van der Waals surface area contributed by atoms with E-state index in [0.717, 1.165) is 32.1 Å². The summed E-state index contributed by atoms with van der Waals surface area (Å²) in [5, 5.41) is 5.20. The highest BCUT2D eigenvalue weighted by molar-refractivity contribution is 7.84. The minimum atomic E-state index is -3.98. The Morgan fingerprint density at radius 2 is 2.00 bits per heavy atom. The summed E-state index contributed by atoms with van der Waals surface area (Å²) >= 11 is 0. The fourth-order valence-corrected chi connectivity index (χ4v) is 7.27. The molecule has 8 nitrogen and oxygen atoms in total. The average molecular weight is 476 g/mol. The van der Waals surface area contributed by atoms with Crippen LogP contribution in [0.1, 0.15) is 66.6 Å². The summed E-state index contributed by atoms with van der Waals surface area (Å²) < 4.78 is 44.8. The molecule has 0 amide bonds. The number of carbonyl (C=O) groups is 1. The lowest BCUT2D eigenvalue weighted by atomic mass is 9.55. The van der Waals surface area contributed by atoms with E-state index >= 15 is 0 Å². The number of hydrogen-bond acceptors (Lipinski definition) is 7. The van der Waals surface area contributed by atoms with Gasteiger partial charge in [0.1, 0.15) is 0 Å². The molecule has 2 aromatic rings. The van der Waals surface area contributed by atoms with Gasteiger partial charge in [-0.15, -0.1) is 0 Å². The van der Waals surface area contributed by atoms with Crippen LogP contribution in [0.2, 0.25) is 0 Å². The monoisotopic (exact) mass is 475 g/mol. The van der Waals surface area contributed by atoms with Crippen LogP contribution in [0.4, 0.5) is 0 Å². The number of hydrogen-bond donors (Lipinski definition) is 1. The fraction of sp³-hybridized carbons (Fsp3) is 0.542. The molecule has 2 fully saturated rings. The lowest BCUT2D eigenvalue weighted by Crippen LogP contribution is -2.45. The van der Waals surface area contributed by atoms with Gasteiger partial charge in [-0.25, -0.2) is 9.93 Å². The van der Waals surface area contributed by atoms with Crippen LogP contribution in [0.25, 0.3) is 0 Å². The summed E-state index contributed by atoms with van der Waals surface area (Å²) in [6.45, 7) is 2.16. The number of furan rings is 1. The molecule has 0 spiro atoms. The molecule has 1 aromatic heterocycles. The molecule has 3 aliphatic rings. The van der Waals surface area contributed by atoms with Crippen LogP contribution in [0.15, 0.2) is 34.9 Å². The second-order valence-corrected chi connectivity index (χ2v) is 10.9. The molecule has 3 aliphatic carbocycles. The Bertz CT molecular complexity index is 1160. The van der Waals surface area contributed by atoms with Gasteiger partial charge in [-0.1, -0.05) is 6.92 Å². The molecule has 3 unspecified atom stereocenters. The van der Waals surface area contributed by atoms with E-state index in [1.165, 1.54) is 17.4 Å². The van der Waals surface area contributed by atoms with Crippen molar-refractivity contribution < 1.29 is 31.3 Å². The van der Waals surface area contributed by atoms with E-state index in [2.05, 4.69) is 6.92 Å². The van der Waals surface area contributed by atoms with Crippen LogP contribution in [0, 0.1) is 17.3 Å². The standard InChI is InChI=1S/C24H29NO7S/c1-24-10-9-15-16(18(24)7-8-22(24)32-33(25,27)28)6-5-14-12-21(20(29-2)13-17(14)15)31-23(26)19-4-3-11-30-19/h3-4,11-13,15-16,18,22H,5-10H2,1-2H3,(H2,25,27,28)/t15?,16?,18?,22-,24-/m0/s1. The predicted octanol–water partition coefficient (Wildman–Crippen LogP) is 3.95. The van der Waals surface area contributed by atoms with Gasteiger partial charge in [0.25, 0.3) is 0 Å². The van der Waals surface area contributed by atoms with Crippen LogP contribution in [0.5, 0.6) is 11.5 Å². The Hall–Kier alpha value is -2.36. The van der Waals surface area contributed by atoms with Crippen molar-refractivity contribution in [2.24, 2.45) is 22.4 Å². The van der Waals surface area contributed by atoms with E-state index < -0.39 is 16.3 Å². The van der Waals surface area contributed by atoms with Crippen LogP contribution in [0.3, 0.4) is 0 Å². The zero-order chi connectivity index (χ0) is 23.4. The SMILES string of the molecule is COc1cc2c(cc1OC(=O)c1ccco1)CCC1C2CC[C@@]2(C)C1CC[C@@H]2OS(N)(=O)=O. The van der Waals surface area contributed by atoms with Crippen molar-refractivity contribution in [3.8, 4) is 11.5 Å². The Labute approximate surface area is 193 Å². The highest BCUT2D eigenvalue weighted by atomic mass is 32.2. The molecule has 1 aromatic carbocycles. The number of ether oxygens (including phenoxy) is 2. The first-order valence-corrected chi connectivity index (χ1v) is 12.8. The van der Waals surface area contributed by atoms with Crippen molar-refractivity contribution >= 4 is 16.3 Å². The van der Waals surface area contributed by atoms with Gasteiger partial charge in [0, 0.05) is 0 Å². The molecule has 0 aliphatic heterocycles. The summed E-state index contributed by atoms with van der Waals surface area (Å²) in [5.41, 5.74) is 2.20. The Morgan fingerprint density at radius 3 is 2.70 bits per heavy atom. The molecule has 0 bridgehead atoms. The van der Waals surface area contributed by atoms with Crippen LogP contribution in [-0.2, 0) is 20.9 Å². The van der Waals surface area contributed by atoms with E-state index in [4.69, 9.17) is 23.2 Å². The zero-order valence-electron chi connectivity index (χ0n) is 18.8. The van der Waals surface area contributed by atoms with Crippen molar-refractivity contribution in [3.63, 3.8) is 0 Å². The van der Waals surface area contributed by atoms with E-state index in [1.54, 1.807) is 19.2 Å². The predicted molar refractivity (Wildman–Crippen MR) is 119 cm³/mol. The minimum absolute atomic E-state index is 0.138. The van der Waals surface area contributed by atoms with Crippen molar-refractivity contribution in [1.82, 2.24) is 0 Å². The number of nitrogens with two attached hydrogens (primary N) is 1. The maximum Gasteiger partial charge on any atom is 0.379 e. The number of rotatable bonds is 5. The summed E-state index contributed by atoms with van der Waals surface area (Å²) in [6, 6.07) is 7.12. The third-order valence-corrected chi connectivity index (χ3v) is 8.60. The van der Waals surface area contributed by atoms with Crippen molar-refractivity contribution in [1.29, 1.82) is 0 Å². The maximum absolute atomic E-state index is 12.4. The molecule has 5 atom stereocenters. The van der Waals surface area contributed by atoms with Gasteiger partial charge in [-0.05, 0) is 97.1 Å². The second-order valence-electron chi connectivity index (χ2n) is 9.68. The summed E-state index contributed by atoms with van der Waals surface area (Å²) in [7, 11) is -2.41. The van der Waals surface area contributed by atoms with Gasteiger partial charge in [0.05, 0.1) is 19.5 Å². The normalized spacial score (nSPS) is 30.8. The van der Waals surface area contributed by atoms with E-state index in [-0.39, 0.29) is 17.3 Å². The number of aryl methyl sites for hydroxylation is 1. The Balaban J connectivity index is 1.41. The number of esters is 1. The van der Waals surface area contributed by atoms with Gasteiger partial charge in [0.15, 0.2) is 11.5 Å². The Morgan fingerprint density at radius 1 is 1.18 bits per heavy atom. The van der Waals surface area contributed by atoms with Crippen molar-refractivity contribution in [2.75, 3.05) is 7.11 Å². The average Bonchev–Trinajstić information content (AvgIpc) is 3.41. The quantitative estimate of drug-likeness (QED) is 0.514. The first kappa shape index (κ1) is 22.4. The molecule has 0 radical (unpaired) electrons. The fourth-order valence-electron chi connectivity index (χ4n) is 6.63. The van der Waals surface area contributed by atoms with Crippen molar-refractivity contribution in [2.45, 2.75) is 57.5 Å². The highest BCUT2D eigenvalue weighted by Crippen LogP contribution is 2.62. The van der Waals surface area contributed by atoms with E-state index in [0.29, 0.717) is 35.7 Å². The molecule has 0 saturated heterocycles. The molecule has 178 valence electrons. The first-order chi connectivity index (χ1) is 15.7. The molecule has 2 N–H and O–H groups in total. The number of benzene rings is 1. The third-order valence-electron chi connectivity index (χ3n) is 8.10. The number of fused-ring (bicyclic) bond motifs is 5. The summed E-state index contributed by atoms with van der Waals surface area (Å²) in [4.78, 5) is 12.4. The van der Waals surface area contributed by atoms with Gasteiger partial charge in [-0.2, -0.15) is 8.42 Å². The van der Waals surface area contributed by atoms with E-state index in [1.807, 2.05) is 12.1 Å². The maximum atomic E-state index is 12.4. The van der Waals surface area contributed by atoms with Crippen molar-refractivity contribution in [3.05, 3.63) is 47.4 Å². The number of methoxy groups -OCH3 is 1. The molecule has 33 heavy (non-hydrogen) atoms. The largest absolute Gasteiger partial charge is 0.493 e. The third kappa shape index (κ3) is 3.96. The zero-order valence-corrected chi connectivity index (χ0v) is 19.6. The van der Waals surface area contributed by atoms with Crippen LogP contribution < -0.4 is 14.6 Å². The van der Waals surface area contributed by atoms with Gasteiger partial charge in [0.2, 0.25) is 5.76 Å². The topological polar surface area (TPSA) is 118 Å². The lowest BCUT2D eigenvalue weighted by molar-refractivity contribution is -0.00806. The molecule has 9 heteroatoms. The van der Waals surface area contributed by atoms with Crippen LogP contribution >= 0.6 is 0 Å². The highest BCUT2D eigenvalue weighted by Gasteiger charge is 2.56. The Kier molecular flexibility index (Phi) is 5.54. The van der Waals surface area contributed by atoms with Gasteiger partial charge >= 0.3 is 16.3 Å². The lowest BCUT2D eigenvalue weighted by Gasteiger charge is -2.50. The smallest absolute Gasteiger partial charge is 0.379 e. The van der Waals surface area contributed by atoms with Gasteiger partial charge in [-0.3, -0.25) is 4.18 Å². The molecule has 5 rings (SSSR count). The number of carbonyl (C=O) groups excluding carboxylic acids is 1. The van der Waals surface area contributed by atoms with Gasteiger partial charge < -0.3 is 13.9 Å². The molecule has 1 heterocycles. The molecular weight excluding hydrogens is 446 g/mol. The summed E-state index contributed by atoms with van der Waals surface area (Å²) in [5.74, 6) is 1.64. The van der Waals surface area contributed by atoms with Crippen LogP contribution in [-0.4, -0.2) is 27.6 Å². The molecular formula is C24H29NO7S. The molecule has 2 saturated carbocycles. The minimum Gasteiger partial charge on any atom is -0.493 e. The summed E-state index contributed by atoms with van der Waals surface area (Å²) in [6.07, 6.45) is 6.37. The first-order valence-electron chi connectivity index (χ1n) is 11.4. The van der Waals surface area contributed by atoms with E-state index in [9.17, 15) is 13.2 Å². The second kappa shape index (κ2) is 8.14.